The second-order valence-electron chi connectivity index (χ2n) is 16.5. The number of unbranched alkanes of at least 4 members (excludes halogenated alkanes) is 35. The molecule has 0 aliphatic carbocycles. The number of aliphatic hydroxyl groups excluding tert-OH is 2. The predicted octanol–water partition coefficient (Wildman–Crippen LogP) is 15.2. The van der Waals surface area contributed by atoms with E-state index in [9.17, 15) is 15.0 Å². The Morgan fingerprint density at radius 1 is 0.434 bits per heavy atom. The Labute approximate surface area is 332 Å². The van der Waals surface area contributed by atoms with E-state index in [-0.39, 0.29) is 12.5 Å². The van der Waals surface area contributed by atoms with Gasteiger partial charge in [-0.05, 0) is 44.9 Å². The van der Waals surface area contributed by atoms with Crippen molar-refractivity contribution >= 4 is 5.91 Å². The molecule has 0 spiro atoms. The average Bonchev–Trinajstić information content (AvgIpc) is 3.16. The fraction of sp³-hybridized carbons (Fsp3) is 0.898. The van der Waals surface area contributed by atoms with Gasteiger partial charge in [0.2, 0.25) is 5.91 Å². The number of amides is 1. The zero-order valence-corrected chi connectivity index (χ0v) is 36.1. The lowest BCUT2D eigenvalue weighted by Gasteiger charge is -2.20. The molecule has 4 heteroatoms. The summed E-state index contributed by atoms with van der Waals surface area (Å²) in [6, 6.07) is -0.617. The second-order valence-corrected chi connectivity index (χ2v) is 16.5. The molecule has 0 aliphatic heterocycles. The number of nitrogens with one attached hydrogen (secondary N) is 1. The number of aliphatic hydroxyl groups is 2. The normalized spacial score (nSPS) is 13.1. The van der Waals surface area contributed by atoms with Crippen molar-refractivity contribution < 1.29 is 15.0 Å². The summed E-state index contributed by atoms with van der Waals surface area (Å²) in [5, 5.41) is 22.9. The summed E-state index contributed by atoms with van der Waals surface area (Å²) in [4.78, 5) is 12.4. The van der Waals surface area contributed by atoms with Gasteiger partial charge in [0.15, 0.2) is 0 Å². The molecule has 53 heavy (non-hydrogen) atoms. The standard InChI is InChI=1S/C49H95NO3/c1-3-5-7-9-11-13-15-16-17-18-19-20-21-22-23-24-25-26-27-28-29-30-31-32-33-34-35-37-39-41-43-45-49(53)50-47(46-51)48(52)44-42-40-38-36-14-12-10-8-6-4-2/h18-19,42,44,47-48,51-52H,3-17,20-41,43,45-46H2,1-2H3,(H,50,53)/b19-18-,44-42+. The first-order valence-corrected chi connectivity index (χ1v) is 24.1. The molecular weight excluding hydrogens is 651 g/mol. The second kappa shape index (κ2) is 45.3. The quantitative estimate of drug-likeness (QED) is 0.0430. The van der Waals surface area contributed by atoms with Crippen molar-refractivity contribution in [3.05, 3.63) is 24.3 Å². The Morgan fingerprint density at radius 3 is 1.04 bits per heavy atom. The van der Waals surface area contributed by atoms with E-state index in [1.807, 2.05) is 6.08 Å². The molecule has 0 fully saturated rings. The zero-order valence-electron chi connectivity index (χ0n) is 36.1. The first kappa shape index (κ1) is 51.9. The molecule has 0 saturated heterocycles. The summed E-state index contributed by atoms with van der Waals surface area (Å²) < 4.78 is 0. The average molecular weight is 746 g/mol. The van der Waals surface area contributed by atoms with E-state index >= 15 is 0 Å². The van der Waals surface area contributed by atoms with Gasteiger partial charge in [0.05, 0.1) is 18.8 Å². The lowest BCUT2D eigenvalue weighted by atomic mass is 10.0. The van der Waals surface area contributed by atoms with Crippen LogP contribution >= 0.6 is 0 Å². The summed E-state index contributed by atoms with van der Waals surface area (Å²) in [7, 11) is 0. The van der Waals surface area contributed by atoms with Crippen molar-refractivity contribution in [1.29, 1.82) is 0 Å². The predicted molar refractivity (Wildman–Crippen MR) is 235 cm³/mol. The molecule has 0 radical (unpaired) electrons. The van der Waals surface area contributed by atoms with Crippen molar-refractivity contribution in [1.82, 2.24) is 5.32 Å². The molecule has 0 aromatic carbocycles. The number of carbonyl (C=O) groups is 1. The Bertz CT molecular complexity index is 765. The molecule has 0 saturated carbocycles. The molecule has 314 valence electrons. The maximum atomic E-state index is 12.4. The minimum atomic E-state index is -0.834. The summed E-state index contributed by atoms with van der Waals surface area (Å²) in [5.74, 6) is -0.0620. The highest BCUT2D eigenvalue weighted by Gasteiger charge is 2.18. The van der Waals surface area contributed by atoms with Gasteiger partial charge in [-0.1, -0.05) is 237 Å². The number of hydrogen-bond donors (Lipinski definition) is 3. The van der Waals surface area contributed by atoms with Crippen LogP contribution in [0.15, 0.2) is 24.3 Å². The fourth-order valence-electron chi connectivity index (χ4n) is 7.47. The molecule has 2 atom stereocenters. The molecule has 2 unspecified atom stereocenters. The van der Waals surface area contributed by atoms with Crippen LogP contribution in [0.1, 0.15) is 264 Å². The van der Waals surface area contributed by atoms with E-state index in [0.29, 0.717) is 6.42 Å². The maximum absolute atomic E-state index is 12.4. The molecule has 0 rings (SSSR count). The highest BCUT2D eigenvalue weighted by molar-refractivity contribution is 5.76. The largest absolute Gasteiger partial charge is 0.394 e. The molecule has 0 aromatic heterocycles. The molecule has 1 amide bonds. The SMILES string of the molecule is CCCCCCCCCC/C=C\CCCCCCCCCCCCCCCCCCCCCC(=O)NC(CO)C(O)/C=C/CCCCCCCCCC. The van der Waals surface area contributed by atoms with E-state index in [0.717, 1.165) is 25.7 Å². The van der Waals surface area contributed by atoms with Crippen LogP contribution in [0.25, 0.3) is 0 Å². The molecule has 4 nitrogen and oxygen atoms in total. The monoisotopic (exact) mass is 746 g/mol. The van der Waals surface area contributed by atoms with Gasteiger partial charge < -0.3 is 15.5 Å². The third-order valence-electron chi connectivity index (χ3n) is 11.2. The van der Waals surface area contributed by atoms with Gasteiger partial charge in [-0.3, -0.25) is 4.79 Å². The summed E-state index contributed by atoms with van der Waals surface area (Å²) in [5.41, 5.74) is 0. The van der Waals surface area contributed by atoms with Crippen LogP contribution in [-0.2, 0) is 4.79 Å². The highest BCUT2D eigenvalue weighted by atomic mass is 16.3. The van der Waals surface area contributed by atoms with Gasteiger partial charge in [0, 0.05) is 6.42 Å². The first-order valence-electron chi connectivity index (χ1n) is 24.1. The Morgan fingerprint density at radius 2 is 0.717 bits per heavy atom. The van der Waals surface area contributed by atoms with Crippen LogP contribution in [0.3, 0.4) is 0 Å². The molecule has 0 heterocycles. The lowest BCUT2D eigenvalue weighted by Crippen LogP contribution is -2.45. The minimum absolute atomic E-state index is 0.0620. The van der Waals surface area contributed by atoms with Gasteiger partial charge >= 0.3 is 0 Å². The number of hydrogen-bond acceptors (Lipinski definition) is 3. The van der Waals surface area contributed by atoms with Crippen molar-refractivity contribution in [2.24, 2.45) is 0 Å². The topological polar surface area (TPSA) is 69.6 Å². The van der Waals surface area contributed by atoms with Crippen molar-refractivity contribution in [2.75, 3.05) is 6.61 Å². The number of rotatable bonds is 44. The summed E-state index contributed by atoms with van der Waals surface area (Å²) in [6.45, 7) is 4.30. The Balaban J connectivity index is 3.40. The van der Waals surface area contributed by atoms with Crippen molar-refractivity contribution in [3.63, 3.8) is 0 Å². The van der Waals surface area contributed by atoms with Gasteiger partial charge in [-0.2, -0.15) is 0 Å². The van der Waals surface area contributed by atoms with Crippen LogP contribution < -0.4 is 5.32 Å². The van der Waals surface area contributed by atoms with Gasteiger partial charge in [0.25, 0.3) is 0 Å². The zero-order chi connectivity index (χ0) is 38.6. The van der Waals surface area contributed by atoms with Crippen LogP contribution in [0.4, 0.5) is 0 Å². The highest BCUT2D eigenvalue weighted by Crippen LogP contribution is 2.16. The Hall–Kier alpha value is -1.13. The van der Waals surface area contributed by atoms with Crippen LogP contribution in [-0.4, -0.2) is 34.9 Å². The number of carbonyl (C=O) groups excluding carboxylic acids is 1. The van der Waals surface area contributed by atoms with Gasteiger partial charge in [-0.15, -0.1) is 0 Å². The molecule has 0 bridgehead atoms. The summed E-state index contributed by atoms with van der Waals surface area (Å²) in [6.07, 6.45) is 58.9. The van der Waals surface area contributed by atoms with E-state index in [4.69, 9.17) is 0 Å². The van der Waals surface area contributed by atoms with E-state index in [1.54, 1.807) is 6.08 Å². The molecule has 0 aromatic rings. The van der Waals surface area contributed by atoms with Gasteiger partial charge in [0.1, 0.15) is 0 Å². The Kier molecular flexibility index (Phi) is 44.3. The van der Waals surface area contributed by atoms with Crippen molar-refractivity contribution in [3.8, 4) is 0 Å². The van der Waals surface area contributed by atoms with Gasteiger partial charge in [-0.25, -0.2) is 0 Å². The lowest BCUT2D eigenvalue weighted by molar-refractivity contribution is -0.123. The molecular formula is C49H95NO3. The molecule has 3 N–H and O–H groups in total. The van der Waals surface area contributed by atoms with Crippen LogP contribution in [0.2, 0.25) is 0 Å². The van der Waals surface area contributed by atoms with Crippen LogP contribution in [0, 0.1) is 0 Å². The maximum Gasteiger partial charge on any atom is 0.220 e. The van der Waals surface area contributed by atoms with Crippen LogP contribution in [0.5, 0.6) is 0 Å². The molecule has 0 aliphatic rings. The fourth-order valence-corrected chi connectivity index (χ4v) is 7.47. The van der Waals surface area contributed by atoms with Crippen molar-refractivity contribution in [2.45, 2.75) is 276 Å². The summed E-state index contributed by atoms with van der Waals surface area (Å²) >= 11 is 0. The first-order chi connectivity index (χ1) is 26.2. The third-order valence-corrected chi connectivity index (χ3v) is 11.2. The van der Waals surface area contributed by atoms with E-state index < -0.39 is 12.1 Å². The van der Waals surface area contributed by atoms with E-state index in [2.05, 4.69) is 31.3 Å². The van der Waals surface area contributed by atoms with E-state index in [1.165, 1.54) is 218 Å². The third kappa shape index (κ3) is 41.9. The minimum Gasteiger partial charge on any atom is -0.394 e. The smallest absolute Gasteiger partial charge is 0.220 e. The number of allylic oxidation sites excluding steroid dienone is 3.